The van der Waals surface area contributed by atoms with Gasteiger partial charge in [0.05, 0.1) is 17.9 Å². The van der Waals surface area contributed by atoms with E-state index >= 15 is 0 Å². The summed E-state index contributed by atoms with van der Waals surface area (Å²) in [6.07, 6.45) is 3.18. The van der Waals surface area contributed by atoms with Crippen molar-refractivity contribution in [3.8, 4) is 0 Å². The largest absolute Gasteiger partial charge is 0.349 e. The topological polar surface area (TPSA) is 81.3 Å². The minimum Gasteiger partial charge on any atom is -0.349 e. The van der Waals surface area contributed by atoms with Crippen LogP contribution < -0.4 is 10.2 Å². The number of urea groups is 1. The number of anilines is 1. The molecule has 1 aromatic carbocycles. The number of carbonyl (C=O) groups excluding carboxylic acids is 2. The number of hydrogen-bond donors (Lipinski definition) is 2. The van der Waals surface area contributed by atoms with Crippen molar-refractivity contribution in [2.24, 2.45) is 0 Å². The maximum atomic E-state index is 12.5. The molecule has 2 aliphatic rings. The van der Waals surface area contributed by atoms with Crippen LogP contribution in [0.5, 0.6) is 0 Å². The number of aromatic nitrogens is 2. The molecule has 130 valence electrons. The molecule has 7 nitrogen and oxygen atoms in total. The van der Waals surface area contributed by atoms with E-state index in [0.717, 1.165) is 36.2 Å². The third-order valence-corrected chi connectivity index (χ3v) is 4.89. The van der Waals surface area contributed by atoms with Crippen molar-refractivity contribution in [2.75, 3.05) is 18.5 Å². The Hall–Kier alpha value is -2.83. The number of nitrogens with zero attached hydrogens (tertiary/aromatic N) is 3. The van der Waals surface area contributed by atoms with E-state index in [1.54, 1.807) is 11.9 Å². The van der Waals surface area contributed by atoms with Crippen molar-refractivity contribution in [1.29, 1.82) is 0 Å². The van der Waals surface area contributed by atoms with Gasteiger partial charge in [-0.3, -0.25) is 14.8 Å². The number of para-hydroxylation sites is 1. The molecule has 0 radical (unpaired) electrons. The highest BCUT2D eigenvalue weighted by Gasteiger charge is 2.29. The quantitative estimate of drug-likeness (QED) is 0.887. The predicted octanol–water partition coefficient (Wildman–Crippen LogP) is 1.59. The van der Waals surface area contributed by atoms with Gasteiger partial charge >= 0.3 is 6.03 Å². The molecule has 1 aliphatic carbocycles. The Bertz CT molecular complexity index is 829. The molecule has 1 aromatic heterocycles. The first-order valence-corrected chi connectivity index (χ1v) is 8.55. The number of rotatable bonds is 4. The minimum absolute atomic E-state index is 0.00675. The molecular formula is C18H21N5O2. The van der Waals surface area contributed by atoms with Gasteiger partial charge in [0.15, 0.2) is 0 Å². The molecule has 2 N–H and O–H groups in total. The molecule has 3 amide bonds. The Morgan fingerprint density at radius 3 is 3.04 bits per heavy atom. The van der Waals surface area contributed by atoms with Crippen molar-refractivity contribution in [2.45, 2.75) is 32.4 Å². The van der Waals surface area contributed by atoms with Gasteiger partial charge < -0.3 is 10.2 Å². The lowest BCUT2D eigenvalue weighted by atomic mass is 10.1. The minimum atomic E-state index is -0.187. The number of carbonyl (C=O) groups is 2. The monoisotopic (exact) mass is 339 g/mol. The lowest BCUT2D eigenvalue weighted by molar-refractivity contribution is -0.119. The maximum absolute atomic E-state index is 12.5. The molecule has 0 atom stereocenters. The average Bonchev–Trinajstić information content (AvgIpc) is 3.21. The molecule has 2 heterocycles. The van der Waals surface area contributed by atoms with Crippen molar-refractivity contribution in [3.63, 3.8) is 0 Å². The van der Waals surface area contributed by atoms with Crippen molar-refractivity contribution in [3.05, 3.63) is 46.8 Å². The number of H-pyrrole nitrogens is 1. The number of amides is 3. The summed E-state index contributed by atoms with van der Waals surface area (Å²) in [5.41, 5.74) is 5.18. The van der Waals surface area contributed by atoms with Crippen molar-refractivity contribution in [1.82, 2.24) is 20.4 Å². The summed E-state index contributed by atoms with van der Waals surface area (Å²) in [6.45, 7) is 0.962. The van der Waals surface area contributed by atoms with Gasteiger partial charge in [0.2, 0.25) is 5.91 Å². The van der Waals surface area contributed by atoms with Gasteiger partial charge in [-0.25, -0.2) is 4.79 Å². The van der Waals surface area contributed by atoms with Crippen LogP contribution in [0.3, 0.4) is 0 Å². The van der Waals surface area contributed by atoms with E-state index in [1.165, 1.54) is 16.2 Å². The van der Waals surface area contributed by atoms with Crippen molar-refractivity contribution >= 4 is 17.6 Å². The van der Waals surface area contributed by atoms with Gasteiger partial charge in [-0.1, -0.05) is 18.2 Å². The van der Waals surface area contributed by atoms with Crippen LogP contribution in [0.15, 0.2) is 24.3 Å². The third-order valence-electron chi connectivity index (χ3n) is 4.89. The van der Waals surface area contributed by atoms with Gasteiger partial charge in [-0.15, -0.1) is 0 Å². The fourth-order valence-corrected chi connectivity index (χ4v) is 3.61. The Labute approximate surface area is 146 Å². The molecule has 25 heavy (non-hydrogen) atoms. The maximum Gasteiger partial charge on any atom is 0.325 e. The summed E-state index contributed by atoms with van der Waals surface area (Å²) in [4.78, 5) is 28.0. The summed E-state index contributed by atoms with van der Waals surface area (Å²) in [5.74, 6) is -0.187. The van der Waals surface area contributed by atoms with Crippen LogP contribution in [0.1, 0.15) is 28.9 Å². The lowest BCUT2D eigenvalue weighted by Gasteiger charge is -2.34. The Morgan fingerprint density at radius 2 is 2.16 bits per heavy atom. The summed E-state index contributed by atoms with van der Waals surface area (Å²) in [7, 11) is 1.75. The van der Waals surface area contributed by atoms with E-state index < -0.39 is 0 Å². The molecule has 7 heteroatoms. The second-order valence-corrected chi connectivity index (χ2v) is 6.61. The number of hydrogen-bond acceptors (Lipinski definition) is 3. The predicted molar refractivity (Wildman–Crippen MR) is 93.1 cm³/mol. The SMILES string of the molecule is CN1Cc2ccccc2N(CC(=O)NCc2n[nH]c3c2CCC3)C1=O. The second kappa shape index (κ2) is 6.23. The molecule has 0 spiro atoms. The molecular weight excluding hydrogens is 318 g/mol. The summed E-state index contributed by atoms with van der Waals surface area (Å²) in [5, 5.41) is 10.2. The van der Waals surface area contributed by atoms with E-state index in [9.17, 15) is 9.59 Å². The average molecular weight is 339 g/mol. The van der Waals surface area contributed by atoms with Crippen LogP contribution in [0, 0.1) is 0 Å². The first-order chi connectivity index (χ1) is 12.1. The molecule has 4 rings (SSSR count). The molecule has 0 unspecified atom stereocenters. The van der Waals surface area contributed by atoms with E-state index in [4.69, 9.17) is 0 Å². The molecule has 0 saturated heterocycles. The zero-order chi connectivity index (χ0) is 17.4. The van der Waals surface area contributed by atoms with Gasteiger partial charge in [-0.2, -0.15) is 5.10 Å². The summed E-state index contributed by atoms with van der Waals surface area (Å²) in [6, 6.07) is 7.54. The van der Waals surface area contributed by atoms with E-state index in [0.29, 0.717) is 13.1 Å². The fraction of sp³-hybridized carbons (Fsp3) is 0.389. The van der Waals surface area contributed by atoms with Crippen LogP contribution in [0.25, 0.3) is 0 Å². The first-order valence-electron chi connectivity index (χ1n) is 8.55. The normalized spacial score (nSPS) is 16.0. The Morgan fingerprint density at radius 1 is 1.32 bits per heavy atom. The van der Waals surface area contributed by atoms with E-state index in [2.05, 4.69) is 15.5 Å². The number of nitrogens with one attached hydrogen (secondary N) is 2. The Kier molecular flexibility index (Phi) is 3.91. The highest BCUT2D eigenvalue weighted by molar-refractivity contribution is 5.99. The lowest BCUT2D eigenvalue weighted by Crippen LogP contribution is -2.49. The second-order valence-electron chi connectivity index (χ2n) is 6.61. The molecule has 0 saturated carbocycles. The van der Waals surface area contributed by atoms with Crippen LogP contribution in [-0.4, -0.2) is 40.6 Å². The van der Waals surface area contributed by atoms with Crippen LogP contribution >= 0.6 is 0 Å². The fourth-order valence-electron chi connectivity index (χ4n) is 3.61. The van der Waals surface area contributed by atoms with Gasteiger partial charge in [0.1, 0.15) is 6.54 Å². The highest BCUT2D eigenvalue weighted by Crippen LogP contribution is 2.27. The van der Waals surface area contributed by atoms with Crippen LogP contribution in [-0.2, 0) is 30.7 Å². The number of aryl methyl sites for hydroxylation is 1. The number of aromatic amines is 1. The van der Waals surface area contributed by atoms with Crippen LogP contribution in [0.4, 0.5) is 10.5 Å². The highest BCUT2D eigenvalue weighted by atomic mass is 16.2. The van der Waals surface area contributed by atoms with Gasteiger partial charge in [0.25, 0.3) is 0 Å². The van der Waals surface area contributed by atoms with Crippen LogP contribution in [0.2, 0.25) is 0 Å². The summed E-state index contributed by atoms with van der Waals surface area (Å²) >= 11 is 0. The molecule has 2 aromatic rings. The van der Waals surface area contributed by atoms with E-state index in [-0.39, 0.29) is 18.5 Å². The standard InChI is InChI=1S/C18H21N5O2/c1-22-10-12-5-2-3-8-16(12)23(18(22)25)11-17(24)19-9-15-13-6-4-7-14(13)20-21-15/h2-3,5,8H,4,6-7,9-11H2,1H3,(H,19,24)(H,20,21). The van der Waals surface area contributed by atoms with Gasteiger partial charge in [-0.05, 0) is 36.5 Å². The zero-order valence-corrected chi connectivity index (χ0v) is 14.2. The zero-order valence-electron chi connectivity index (χ0n) is 14.2. The molecule has 0 fully saturated rings. The third kappa shape index (κ3) is 2.86. The molecule has 0 bridgehead atoms. The smallest absolute Gasteiger partial charge is 0.325 e. The molecule has 1 aliphatic heterocycles. The Balaban J connectivity index is 1.44. The first kappa shape index (κ1) is 15.7. The van der Waals surface area contributed by atoms with Crippen molar-refractivity contribution < 1.29 is 9.59 Å². The summed E-state index contributed by atoms with van der Waals surface area (Å²) < 4.78 is 0. The number of fused-ring (bicyclic) bond motifs is 2. The van der Waals surface area contributed by atoms with E-state index in [1.807, 2.05) is 24.3 Å². The van der Waals surface area contributed by atoms with Gasteiger partial charge in [0, 0.05) is 19.3 Å². The number of benzene rings is 1.